The molecule has 0 saturated heterocycles. The molecule has 0 bridgehead atoms. The molecule has 1 heterocycles. The van der Waals surface area contributed by atoms with E-state index in [1.165, 1.54) is 7.41 Å². The second kappa shape index (κ2) is 2.00. The Morgan fingerprint density at radius 1 is 1.88 bits per heavy atom. The highest BCUT2D eigenvalue weighted by Crippen LogP contribution is 1.79. The third-order valence-electron chi connectivity index (χ3n) is 0.880. The van der Waals surface area contributed by atoms with Crippen molar-refractivity contribution in [2.75, 3.05) is 0 Å². The lowest BCUT2D eigenvalue weighted by atomic mass is 9.97. The van der Waals surface area contributed by atoms with E-state index in [1.807, 2.05) is 6.92 Å². The molecule has 0 amide bonds. The van der Waals surface area contributed by atoms with Crippen LogP contribution in [0.15, 0.2) is 6.20 Å². The first-order valence-corrected chi connectivity index (χ1v) is 2.39. The van der Waals surface area contributed by atoms with Crippen molar-refractivity contribution in [1.82, 2.24) is 9.97 Å². The van der Waals surface area contributed by atoms with Gasteiger partial charge in [0.1, 0.15) is 0 Å². The summed E-state index contributed by atoms with van der Waals surface area (Å²) in [6, 6.07) is 0. The summed E-state index contributed by atoms with van der Waals surface area (Å²) >= 11 is 0. The predicted molar refractivity (Wildman–Crippen MR) is 32.9 cm³/mol. The molecular formula is C4H7BN3. The van der Waals surface area contributed by atoms with Crippen LogP contribution < -0.4 is 11.4 Å². The van der Waals surface area contributed by atoms with Gasteiger partial charge in [-0.2, -0.15) is 0 Å². The Bertz CT molecular complexity index is 172. The normalized spacial score (nSPS) is 9.25. The quantitative estimate of drug-likeness (QED) is 0.449. The predicted octanol–water partition coefficient (Wildman–Crippen LogP) is -1.08. The molecule has 0 spiro atoms. The van der Waals surface area contributed by atoms with Gasteiger partial charge in [-0.3, -0.25) is 4.98 Å². The fraction of sp³-hybridized carbons (Fsp3) is 0.250. The number of aromatic amines is 1. The molecule has 1 radical (unpaired) electrons. The molecular weight excluding hydrogens is 101 g/mol. The van der Waals surface area contributed by atoms with Crippen molar-refractivity contribution in [3.05, 3.63) is 11.9 Å². The van der Waals surface area contributed by atoms with Gasteiger partial charge in [0.05, 0.1) is 5.72 Å². The smallest absolute Gasteiger partial charge is 0.291 e. The van der Waals surface area contributed by atoms with Crippen molar-refractivity contribution in [1.29, 1.82) is 0 Å². The van der Waals surface area contributed by atoms with E-state index in [0.717, 1.165) is 11.4 Å². The average molecular weight is 108 g/mol. The molecule has 0 atom stereocenters. The van der Waals surface area contributed by atoms with E-state index in [2.05, 4.69) is 9.97 Å². The van der Waals surface area contributed by atoms with E-state index in [0.29, 0.717) is 0 Å². The van der Waals surface area contributed by atoms with Crippen LogP contribution in [-0.2, 0) is 0 Å². The fourth-order valence-electron chi connectivity index (χ4n) is 0.518. The summed E-state index contributed by atoms with van der Waals surface area (Å²) in [7, 11) is 1.44. The molecule has 8 heavy (non-hydrogen) atoms. The number of rotatable bonds is 1. The van der Waals surface area contributed by atoms with Gasteiger partial charge in [-0.25, -0.2) is 0 Å². The van der Waals surface area contributed by atoms with Crippen molar-refractivity contribution in [3.8, 4) is 0 Å². The summed E-state index contributed by atoms with van der Waals surface area (Å²) in [5.41, 5.74) is 6.90. The van der Waals surface area contributed by atoms with Gasteiger partial charge in [-0.15, -0.1) is 0 Å². The lowest BCUT2D eigenvalue weighted by molar-refractivity contribution is 1.29. The molecule has 0 aliphatic carbocycles. The monoisotopic (exact) mass is 108 g/mol. The lowest BCUT2D eigenvalue weighted by Crippen LogP contribution is -2.26. The van der Waals surface area contributed by atoms with E-state index in [1.54, 1.807) is 6.20 Å². The maximum absolute atomic E-state index is 5.14. The van der Waals surface area contributed by atoms with Crippen LogP contribution in [0.25, 0.3) is 0 Å². The van der Waals surface area contributed by atoms with E-state index in [-0.39, 0.29) is 0 Å². The van der Waals surface area contributed by atoms with Crippen LogP contribution in [-0.4, -0.2) is 17.4 Å². The van der Waals surface area contributed by atoms with Gasteiger partial charge in [0.15, 0.2) is 0 Å². The van der Waals surface area contributed by atoms with Crippen LogP contribution in [0.3, 0.4) is 0 Å². The van der Waals surface area contributed by atoms with E-state index < -0.39 is 0 Å². The Morgan fingerprint density at radius 3 is 2.88 bits per heavy atom. The summed E-state index contributed by atoms with van der Waals surface area (Å²) in [5, 5.41) is 0. The van der Waals surface area contributed by atoms with Crippen LogP contribution in [0.1, 0.15) is 5.69 Å². The SMILES string of the molecule is Cc1cnc([B]N)[nH]1. The number of aromatic nitrogens is 2. The van der Waals surface area contributed by atoms with Crippen LogP contribution in [0.2, 0.25) is 0 Å². The van der Waals surface area contributed by atoms with Gasteiger partial charge in [0.25, 0.3) is 7.41 Å². The van der Waals surface area contributed by atoms with Gasteiger partial charge in [0.2, 0.25) is 0 Å². The largest absolute Gasteiger partial charge is 0.367 e. The third-order valence-corrected chi connectivity index (χ3v) is 0.880. The number of H-pyrrole nitrogens is 1. The first-order chi connectivity index (χ1) is 3.83. The molecule has 41 valence electrons. The van der Waals surface area contributed by atoms with Gasteiger partial charge in [0, 0.05) is 11.9 Å². The van der Waals surface area contributed by atoms with Crippen molar-refractivity contribution in [2.45, 2.75) is 6.92 Å². The second-order valence-electron chi connectivity index (χ2n) is 1.62. The molecule has 0 saturated carbocycles. The molecule has 1 rings (SSSR count). The number of nitrogens with two attached hydrogens (primary N) is 1. The summed E-state index contributed by atoms with van der Waals surface area (Å²) < 4.78 is 0. The molecule has 3 N–H and O–H groups in total. The van der Waals surface area contributed by atoms with Gasteiger partial charge < -0.3 is 10.6 Å². The Labute approximate surface area is 48.6 Å². The van der Waals surface area contributed by atoms with Crippen molar-refractivity contribution >= 4 is 13.1 Å². The first-order valence-electron chi connectivity index (χ1n) is 2.39. The van der Waals surface area contributed by atoms with Crippen LogP contribution in [0, 0.1) is 6.92 Å². The number of hydrogen-bond acceptors (Lipinski definition) is 2. The van der Waals surface area contributed by atoms with Gasteiger partial charge in [-0.05, 0) is 6.92 Å². The maximum Gasteiger partial charge on any atom is 0.291 e. The summed E-state index contributed by atoms with van der Waals surface area (Å²) in [6.45, 7) is 1.93. The number of hydrogen-bond donors (Lipinski definition) is 2. The van der Waals surface area contributed by atoms with E-state index in [9.17, 15) is 0 Å². The highest BCUT2D eigenvalue weighted by atomic mass is 14.9. The van der Waals surface area contributed by atoms with Crippen molar-refractivity contribution < 1.29 is 0 Å². The number of imidazole rings is 1. The lowest BCUT2D eigenvalue weighted by Gasteiger charge is -1.80. The zero-order chi connectivity index (χ0) is 5.98. The molecule has 1 aromatic heterocycles. The number of nitrogens with one attached hydrogen (secondary N) is 1. The molecule has 0 unspecified atom stereocenters. The zero-order valence-corrected chi connectivity index (χ0v) is 4.68. The summed E-state index contributed by atoms with van der Waals surface area (Å²) in [6.07, 6.45) is 1.73. The summed E-state index contributed by atoms with van der Waals surface area (Å²) in [4.78, 5) is 6.83. The molecule has 0 aliphatic rings. The van der Waals surface area contributed by atoms with E-state index in [4.69, 9.17) is 5.64 Å². The second-order valence-corrected chi connectivity index (χ2v) is 1.62. The third kappa shape index (κ3) is 0.896. The van der Waals surface area contributed by atoms with Crippen molar-refractivity contribution in [2.24, 2.45) is 5.64 Å². The Morgan fingerprint density at radius 2 is 2.62 bits per heavy atom. The van der Waals surface area contributed by atoms with Crippen LogP contribution >= 0.6 is 0 Å². The zero-order valence-electron chi connectivity index (χ0n) is 4.68. The molecule has 3 nitrogen and oxygen atoms in total. The van der Waals surface area contributed by atoms with Gasteiger partial charge in [-0.1, -0.05) is 0 Å². The highest BCUT2D eigenvalue weighted by Gasteiger charge is 1.92. The molecule has 0 aliphatic heterocycles. The minimum atomic E-state index is 0.725. The molecule has 4 heteroatoms. The minimum absolute atomic E-state index is 0.725. The first kappa shape index (κ1) is 5.37. The van der Waals surface area contributed by atoms with Gasteiger partial charge >= 0.3 is 0 Å². The summed E-state index contributed by atoms with van der Waals surface area (Å²) in [5.74, 6) is 0. The Kier molecular flexibility index (Phi) is 1.35. The molecule has 0 fully saturated rings. The van der Waals surface area contributed by atoms with Crippen molar-refractivity contribution in [3.63, 3.8) is 0 Å². The average Bonchev–Trinajstić information content (AvgIpc) is 2.14. The van der Waals surface area contributed by atoms with Crippen LogP contribution in [0.4, 0.5) is 0 Å². The number of nitrogens with zero attached hydrogens (tertiary/aromatic N) is 1. The standard InChI is InChI=1S/C4H7BN3/c1-3-2-7-4(5-6)8-3/h2H,6H2,1H3,(H,7,8). The molecule has 1 aromatic rings. The van der Waals surface area contributed by atoms with Crippen LogP contribution in [0.5, 0.6) is 0 Å². The fourth-order valence-corrected chi connectivity index (χ4v) is 0.518. The number of aryl methyl sites for hydroxylation is 1. The highest BCUT2D eigenvalue weighted by molar-refractivity contribution is 6.47. The Hall–Kier alpha value is -0.765. The minimum Gasteiger partial charge on any atom is -0.367 e. The molecule has 0 aromatic carbocycles. The Balaban J connectivity index is 2.84. The maximum atomic E-state index is 5.14. The topological polar surface area (TPSA) is 54.7 Å². The van der Waals surface area contributed by atoms with E-state index >= 15 is 0 Å².